The topological polar surface area (TPSA) is 26.0 Å². The fraction of sp³-hybridized carbons (Fsp3) is 0.538. The molecule has 15 heavy (non-hydrogen) atoms. The second-order valence-corrected chi connectivity index (χ2v) is 5.57. The number of nitrogens with two attached hydrogens (primary N) is 1. The van der Waals surface area contributed by atoms with Crippen molar-refractivity contribution < 1.29 is 0 Å². The predicted molar refractivity (Wildman–Crippen MR) is 68.2 cm³/mol. The van der Waals surface area contributed by atoms with Crippen LogP contribution in [0.25, 0.3) is 0 Å². The summed E-state index contributed by atoms with van der Waals surface area (Å²) in [6.45, 7) is 6.67. The van der Waals surface area contributed by atoms with E-state index in [1.807, 2.05) is 0 Å². The first kappa shape index (κ1) is 11.2. The van der Waals surface area contributed by atoms with Gasteiger partial charge in [0.25, 0.3) is 0 Å². The molecule has 2 unspecified atom stereocenters. The van der Waals surface area contributed by atoms with Crippen molar-refractivity contribution in [2.45, 2.75) is 45.6 Å². The summed E-state index contributed by atoms with van der Waals surface area (Å²) in [5, 5.41) is 0. The largest absolute Gasteiger partial charge is 0.324 e. The second kappa shape index (κ2) is 3.91. The van der Waals surface area contributed by atoms with E-state index < -0.39 is 0 Å². The highest BCUT2D eigenvalue weighted by atomic mass is 79.9. The van der Waals surface area contributed by atoms with E-state index in [1.165, 1.54) is 33.1 Å². The van der Waals surface area contributed by atoms with E-state index in [4.69, 9.17) is 5.73 Å². The van der Waals surface area contributed by atoms with Crippen LogP contribution in [0.3, 0.4) is 0 Å². The van der Waals surface area contributed by atoms with Crippen LogP contribution in [0.1, 0.15) is 54.0 Å². The van der Waals surface area contributed by atoms with E-state index >= 15 is 0 Å². The van der Waals surface area contributed by atoms with Gasteiger partial charge in [-0.1, -0.05) is 22.9 Å². The molecule has 2 heteroatoms. The Labute approximate surface area is 100 Å². The molecule has 2 rings (SSSR count). The van der Waals surface area contributed by atoms with Gasteiger partial charge in [-0.25, -0.2) is 0 Å². The Kier molecular flexibility index (Phi) is 2.91. The zero-order valence-corrected chi connectivity index (χ0v) is 11.2. The van der Waals surface area contributed by atoms with Gasteiger partial charge in [0.05, 0.1) is 0 Å². The van der Waals surface area contributed by atoms with Crippen LogP contribution in [0.2, 0.25) is 0 Å². The number of hydrogen-bond acceptors (Lipinski definition) is 1. The molecule has 2 atom stereocenters. The highest BCUT2D eigenvalue weighted by Gasteiger charge is 2.26. The van der Waals surface area contributed by atoms with Gasteiger partial charge in [-0.3, -0.25) is 0 Å². The molecule has 82 valence electrons. The van der Waals surface area contributed by atoms with Crippen molar-refractivity contribution in [1.82, 2.24) is 0 Å². The molecule has 0 aliphatic heterocycles. The molecule has 1 aromatic carbocycles. The highest BCUT2D eigenvalue weighted by Crippen LogP contribution is 2.41. The molecule has 0 heterocycles. The van der Waals surface area contributed by atoms with E-state index in [2.05, 4.69) is 42.8 Å². The standard InChI is InChI=1S/C13H18BrN/c1-7-4-5-11(15)13-9(3)10(14)6-8(2)12(7)13/h6-7,11H,4-5,15H2,1-3H3. The minimum Gasteiger partial charge on any atom is -0.324 e. The van der Waals surface area contributed by atoms with Crippen molar-refractivity contribution in [2.24, 2.45) is 5.73 Å². The number of rotatable bonds is 0. The maximum absolute atomic E-state index is 6.23. The van der Waals surface area contributed by atoms with Gasteiger partial charge in [0.15, 0.2) is 0 Å². The number of halogens is 1. The molecule has 1 aromatic rings. The molecular formula is C13H18BrN. The molecule has 0 fully saturated rings. The van der Waals surface area contributed by atoms with Crippen molar-refractivity contribution in [1.29, 1.82) is 0 Å². The summed E-state index contributed by atoms with van der Waals surface area (Å²) in [7, 11) is 0. The molecule has 1 aliphatic carbocycles. The zero-order valence-electron chi connectivity index (χ0n) is 9.60. The van der Waals surface area contributed by atoms with E-state index in [0.717, 1.165) is 6.42 Å². The SMILES string of the molecule is Cc1cc(Br)c(C)c2c1C(C)CCC2N. The average molecular weight is 268 g/mol. The predicted octanol–water partition coefficient (Wildman–Crippen LogP) is 3.96. The smallest absolute Gasteiger partial charge is 0.0301 e. The van der Waals surface area contributed by atoms with Crippen molar-refractivity contribution in [3.63, 3.8) is 0 Å². The third-order valence-corrected chi connectivity index (χ3v) is 4.42. The van der Waals surface area contributed by atoms with Crippen molar-refractivity contribution in [3.8, 4) is 0 Å². The third-order valence-electron chi connectivity index (χ3n) is 3.59. The fourth-order valence-corrected chi connectivity index (χ4v) is 3.33. The lowest BCUT2D eigenvalue weighted by Crippen LogP contribution is -2.22. The molecule has 0 bridgehead atoms. The van der Waals surface area contributed by atoms with Gasteiger partial charge in [-0.05, 0) is 60.9 Å². The van der Waals surface area contributed by atoms with Crippen LogP contribution in [0, 0.1) is 13.8 Å². The first-order valence-electron chi connectivity index (χ1n) is 5.57. The number of aryl methyl sites for hydroxylation is 1. The first-order valence-corrected chi connectivity index (χ1v) is 6.36. The van der Waals surface area contributed by atoms with E-state index in [9.17, 15) is 0 Å². The molecule has 0 radical (unpaired) electrons. The maximum Gasteiger partial charge on any atom is 0.0301 e. The molecule has 0 saturated carbocycles. The minimum atomic E-state index is 0.229. The lowest BCUT2D eigenvalue weighted by Gasteiger charge is -2.31. The van der Waals surface area contributed by atoms with Crippen LogP contribution in [-0.4, -0.2) is 0 Å². The lowest BCUT2D eigenvalue weighted by atomic mass is 9.77. The van der Waals surface area contributed by atoms with Crippen molar-refractivity contribution in [3.05, 3.63) is 32.8 Å². The molecular weight excluding hydrogens is 250 g/mol. The second-order valence-electron chi connectivity index (χ2n) is 4.71. The molecule has 2 N–H and O–H groups in total. The summed E-state index contributed by atoms with van der Waals surface area (Å²) in [6, 6.07) is 2.45. The van der Waals surface area contributed by atoms with Gasteiger partial charge in [-0.2, -0.15) is 0 Å². The Morgan fingerprint density at radius 2 is 1.93 bits per heavy atom. The Bertz CT molecular complexity index is 398. The summed E-state index contributed by atoms with van der Waals surface area (Å²) in [4.78, 5) is 0. The van der Waals surface area contributed by atoms with Crippen LogP contribution < -0.4 is 5.73 Å². The average Bonchev–Trinajstić information content (AvgIpc) is 2.18. The minimum absolute atomic E-state index is 0.229. The third kappa shape index (κ3) is 1.74. The van der Waals surface area contributed by atoms with Crippen LogP contribution in [-0.2, 0) is 0 Å². The van der Waals surface area contributed by atoms with Crippen LogP contribution in [0.5, 0.6) is 0 Å². The van der Waals surface area contributed by atoms with Gasteiger partial charge in [0.1, 0.15) is 0 Å². The zero-order chi connectivity index (χ0) is 11.2. The highest BCUT2D eigenvalue weighted by molar-refractivity contribution is 9.10. The fourth-order valence-electron chi connectivity index (χ4n) is 2.77. The van der Waals surface area contributed by atoms with E-state index in [1.54, 1.807) is 0 Å². The molecule has 0 saturated heterocycles. The lowest BCUT2D eigenvalue weighted by molar-refractivity contribution is 0.508. The molecule has 0 amide bonds. The Morgan fingerprint density at radius 1 is 1.27 bits per heavy atom. The molecule has 0 aromatic heterocycles. The summed E-state index contributed by atoms with van der Waals surface area (Å²) in [6.07, 6.45) is 2.33. The summed E-state index contributed by atoms with van der Waals surface area (Å²) >= 11 is 3.62. The Hall–Kier alpha value is -0.340. The summed E-state index contributed by atoms with van der Waals surface area (Å²) < 4.78 is 1.20. The quantitative estimate of drug-likeness (QED) is 0.757. The van der Waals surface area contributed by atoms with Gasteiger partial charge in [0, 0.05) is 10.5 Å². The van der Waals surface area contributed by atoms with E-state index in [-0.39, 0.29) is 6.04 Å². The Morgan fingerprint density at radius 3 is 2.60 bits per heavy atom. The molecule has 0 spiro atoms. The van der Waals surface area contributed by atoms with Gasteiger partial charge < -0.3 is 5.73 Å². The first-order chi connectivity index (χ1) is 7.02. The molecule has 1 aliphatic rings. The molecule has 1 nitrogen and oxygen atoms in total. The number of fused-ring (bicyclic) bond motifs is 1. The van der Waals surface area contributed by atoms with Gasteiger partial charge in [-0.15, -0.1) is 0 Å². The van der Waals surface area contributed by atoms with Crippen molar-refractivity contribution in [2.75, 3.05) is 0 Å². The Balaban J connectivity index is 2.71. The van der Waals surface area contributed by atoms with Crippen LogP contribution in [0.15, 0.2) is 10.5 Å². The maximum atomic E-state index is 6.23. The normalized spacial score (nSPS) is 25.1. The van der Waals surface area contributed by atoms with Crippen LogP contribution in [0.4, 0.5) is 0 Å². The number of benzene rings is 1. The van der Waals surface area contributed by atoms with E-state index in [0.29, 0.717) is 5.92 Å². The number of hydrogen-bond donors (Lipinski definition) is 1. The van der Waals surface area contributed by atoms with Crippen LogP contribution >= 0.6 is 15.9 Å². The van der Waals surface area contributed by atoms with Crippen molar-refractivity contribution >= 4 is 15.9 Å². The van der Waals surface area contributed by atoms with Gasteiger partial charge in [0.2, 0.25) is 0 Å². The summed E-state index contributed by atoms with van der Waals surface area (Å²) in [5.41, 5.74) is 11.8. The summed E-state index contributed by atoms with van der Waals surface area (Å²) in [5.74, 6) is 0.659. The monoisotopic (exact) mass is 267 g/mol. The van der Waals surface area contributed by atoms with Gasteiger partial charge >= 0.3 is 0 Å².